The minimum Gasteiger partial charge on any atom is -0.458 e. The van der Waals surface area contributed by atoms with Crippen LogP contribution in [-0.2, 0) is 9.53 Å². The number of hydrogen-bond acceptors (Lipinski definition) is 3. The van der Waals surface area contributed by atoms with Crippen molar-refractivity contribution in [3.63, 3.8) is 0 Å². The Kier molecular flexibility index (Phi) is 6.51. The van der Waals surface area contributed by atoms with Crippen molar-refractivity contribution in [1.29, 1.82) is 0 Å². The topological polar surface area (TPSA) is 38.7 Å². The first-order valence-corrected chi connectivity index (χ1v) is 8.82. The Morgan fingerprint density at radius 3 is 1.85 bits per heavy atom. The van der Waals surface area contributed by atoms with Crippen LogP contribution in [0, 0.1) is 0 Å². The first kappa shape index (κ1) is 19.6. The van der Waals surface area contributed by atoms with Crippen LogP contribution < -0.4 is 0 Å². The van der Waals surface area contributed by atoms with Crippen LogP contribution in [0.1, 0.15) is 45.2 Å². The van der Waals surface area contributed by atoms with E-state index in [1.807, 2.05) is 88.4 Å². The summed E-state index contributed by atoms with van der Waals surface area (Å²) in [5, 5.41) is 0. The molecule has 0 saturated heterocycles. The van der Waals surface area contributed by atoms with Crippen molar-refractivity contribution in [2.45, 2.75) is 45.8 Å². The smallest absolute Gasteiger partial charge is 0.331 e. The van der Waals surface area contributed by atoms with E-state index in [2.05, 4.69) is 6.58 Å². The molecule has 2 aromatic carbocycles. The number of aliphatic imine (C=N–C) groups is 1. The van der Waals surface area contributed by atoms with Crippen LogP contribution in [0.5, 0.6) is 0 Å². The van der Waals surface area contributed by atoms with Gasteiger partial charge in [-0.1, -0.05) is 66.2 Å². The quantitative estimate of drug-likeness (QED) is 0.408. The van der Waals surface area contributed by atoms with Gasteiger partial charge < -0.3 is 4.74 Å². The van der Waals surface area contributed by atoms with Crippen LogP contribution in [0.3, 0.4) is 0 Å². The molecule has 0 N–H and O–H groups in total. The Balaban J connectivity index is 2.49. The summed E-state index contributed by atoms with van der Waals surface area (Å²) < 4.78 is 5.59. The molecule has 2 rings (SSSR count). The molecule has 2 aromatic rings. The normalized spacial score (nSPS) is 12.2. The summed E-state index contributed by atoms with van der Waals surface area (Å²) >= 11 is 0. The average molecular weight is 349 g/mol. The van der Waals surface area contributed by atoms with Gasteiger partial charge in [-0.25, -0.2) is 4.79 Å². The van der Waals surface area contributed by atoms with E-state index in [9.17, 15) is 4.79 Å². The maximum atomic E-state index is 12.7. The Hall–Kier alpha value is -2.68. The number of esters is 1. The van der Waals surface area contributed by atoms with Crippen LogP contribution in [-0.4, -0.2) is 23.3 Å². The molecule has 0 fully saturated rings. The number of carbonyl (C=O) groups excluding carboxylic acids is 1. The van der Waals surface area contributed by atoms with Crippen LogP contribution in [0.25, 0.3) is 0 Å². The average Bonchev–Trinajstić information content (AvgIpc) is 2.58. The van der Waals surface area contributed by atoms with Crippen LogP contribution >= 0.6 is 0 Å². The zero-order valence-electron chi connectivity index (χ0n) is 16.0. The van der Waals surface area contributed by atoms with Crippen LogP contribution in [0.4, 0.5) is 0 Å². The number of hydrogen-bond donors (Lipinski definition) is 0. The highest BCUT2D eigenvalue weighted by molar-refractivity contribution is 6.13. The van der Waals surface area contributed by atoms with Crippen molar-refractivity contribution >= 4 is 11.7 Å². The highest BCUT2D eigenvalue weighted by atomic mass is 16.6. The Labute approximate surface area is 156 Å². The van der Waals surface area contributed by atoms with Gasteiger partial charge in [-0.3, -0.25) is 4.99 Å². The van der Waals surface area contributed by atoms with Crippen molar-refractivity contribution in [1.82, 2.24) is 0 Å². The SMILES string of the molecule is C=C(C)C[C@H](N=C(c1ccccc1)c1ccccc1)C(=O)OC(C)(C)C. The van der Waals surface area contributed by atoms with E-state index >= 15 is 0 Å². The molecular formula is C23H27NO2. The fourth-order valence-electron chi connectivity index (χ4n) is 2.55. The second-order valence-electron chi connectivity index (χ2n) is 7.42. The molecule has 3 nitrogen and oxygen atoms in total. The molecule has 0 aromatic heterocycles. The van der Waals surface area contributed by atoms with Gasteiger partial charge in [-0.2, -0.15) is 0 Å². The van der Waals surface area contributed by atoms with Gasteiger partial charge in [0, 0.05) is 17.5 Å². The monoisotopic (exact) mass is 349 g/mol. The van der Waals surface area contributed by atoms with Crippen molar-refractivity contribution in [2.24, 2.45) is 4.99 Å². The van der Waals surface area contributed by atoms with E-state index in [-0.39, 0.29) is 5.97 Å². The summed E-state index contributed by atoms with van der Waals surface area (Å²) in [6, 6.07) is 19.2. The highest BCUT2D eigenvalue weighted by Gasteiger charge is 2.25. The molecule has 136 valence electrons. The van der Waals surface area contributed by atoms with Crippen LogP contribution in [0.2, 0.25) is 0 Å². The molecule has 0 amide bonds. The summed E-state index contributed by atoms with van der Waals surface area (Å²) in [5.41, 5.74) is 3.05. The van der Waals surface area contributed by atoms with Crippen molar-refractivity contribution in [3.8, 4) is 0 Å². The second kappa shape index (κ2) is 8.61. The molecule has 0 aliphatic carbocycles. The molecule has 0 unspecified atom stereocenters. The third-order valence-corrected chi connectivity index (χ3v) is 3.60. The molecule has 26 heavy (non-hydrogen) atoms. The summed E-state index contributed by atoms with van der Waals surface area (Å²) in [6.07, 6.45) is 0.456. The van der Waals surface area contributed by atoms with E-state index in [1.54, 1.807) is 0 Å². The Morgan fingerprint density at radius 1 is 1.00 bits per heavy atom. The molecule has 0 radical (unpaired) electrons. The lowest BCUT2D eigenvalue weighted by molar-refractivity contribution is -0.156. The third kappa shape index (κ3) is 5.99. The number of nitrogens with zero attached hydrogens (tertiary/aromatic N) is 1. The van der Waals surface area contributed by atoms with Gasteiger partial charge >= 0.3 is 5.97 Å². The first-order chi connectivity index (χ1) is 12.3. The lowest BCUT2D eigenvalue weighted by Crippen LogP contribution is -2.32. The number of rotatable bonds is 6. The maximum absolute atomic E-state index is 12.7. The lowest BCUT2D eigenvalue weighted by Gasteiger charge is -2.23. The van der Waals surface area contributed by atoms with Crippen molar-refractivity contribution in [2.75, 3.05) is 0 Å². The summed E-state index contributed by atoms with van der Waals surface area (Å²) in [4.78, 5) is 17.5. The molecule has 0 spiro atoms. The lowest BCUT2D eigenvalue weighted by atomic mass is 10.0. The van der Waals surface area contributed by atoms with Gasteiger partial charge in [0.05, 0.1) is 5.71 Å². The van der Waals surface area contributed by atoms with E-state index in [0.29, 0.717) is 6.42 Å². The van der Waals surface area contributed by atoms with Gasteiger partial charge in [-0.15, -0.1) is 6.58 Å². The fourth-order valence-corrected chi connectivity index (χ4v) is 2.55. The molecule has 0 aliphatic heterocycles. The molecule has 0 bridgehead atoms. The zero-order chi connectivity index (χ0) is 19.2. The van der Waals surface area contributed by atoms with Crippen molar-refractivity contribution in [3.05, 3.63) is 83.9 Å². The number of benzene rings is 2. The van der Waals surface area contributed by atoms with Crippen molar-refractivity contribution < 1.29 is 9.53 Å². The van der Waals surface area contributed by atoms with Gasteiger partial charge in [0.25, 0.3) is 0 Å². The van der Waals surface area contributed by atoms with Crippen LogP contribution in [0.15, 0.2) is 77.8 Å². The summed E-state index contributed by atoms with van der Waals surface area (Å²) in [7, 11) is 0. The summed E-state index contributed by atoms with van der Waals surface area (Å²) in [6.45, 7) is 11.4. The Bertz CT molecular complexity index is 729. The molecule has 0 aliphatic rings. The zero-order valence-corrected chi connectivity index (χ0v) is 16.0. The molecule has 1 atom stereocenters. The Morgan fingerprint density at radius 2 is 1.46 bits per heavy atom. The summed E-state index contributed by atoms with van der Waals surface area (Å²) in [5.74, 6) is -0.329. The highest BCUT2D eigenvalue weighted by Crippen LogP contribution is 2.18. The third-order valence-electron chi connectivity index (χ3n) is 3.60. The molecule has 0 heterocycles. The fraction of sp³-hybridized carbons (Fsp3) is 0.304. The second-order valence-corrected chi connectivity index (χ2v) is 7.42. The van der Waals surface area contributed by atoms with Gasteiger partial charge in [0.15, 0.2) is 6.04 Å². The molecular weight excluding hydrogens is 322 g/mol. The van der Waals surface area contributed by atoms with E-state index in [0.717, 1.165) is 22.4 Å². The predicted molar refractivity (Wildman–Crippen MR) is 108 cm³/mol. The van der Waals surface area contributed by atoms with Gasteiger partial charge in [-0.05, 0) is 27.7 Å². The predicted octanol–water partition coefficient (Wildman–Crippen LogP) is 5.20. The minimum absolute atomic E-state index is 0.329. The molecule has 3 heteroatoms. The van der Waals surface area contributed by atoms with Gasteiger partial charge in [0.1, 0.15) is 5.60 Å². The first-order valence-electron chi connectivity index (χ1n) is 8.82. The number of ether oxygens (including phenoxy) is 1. The van der Waals surface area contributed by atoms with E-state index in [1.165, 1.54) is 0 Å². The standard InChI is InChI=1S/C23H27NO2/c1-17(2)16-20(22(25)26-23(3,4)5)24-21(18-12-8-6-9-13-18)19-14-10-7-11-15-19/h6-15,20H,1,16H2,2-5H3/t20-/m0/s1. The largest absolute Gasteiger partial charge is 0.458 e. The molecule has 0 saturated carbocycles. The maximum Gasteiger partial charge on any atom is 0.331 e. The number of carbonyl (C=O) groups is 1. The van der Waals surface area contributed by atoms with Gasteiger partial charge in [0.2, 0.25) is 0 Å². The minimum atomic E-state index is -0.623. The van der Waals surface area contributed by atoms with E-state index in [4.69, 9.17) is 9.73 Å². The van der Waals surface area contributed by atoms with E-state index < -0.39 is 11.6 Å².